The van der Waals surface area contributed by atoms with Crippen molar-refractivity contribution in [1.82, 2.24) is 0 Å². The summed E-state index contributed by atoms with van der Waals surface area (Å²) in [4.78, 5) is 0. The van der Waals surface area contributed by atoms with Crippen molar-refractivity contribution >= 4 is 55.6 Å². The van der Waals surface area contributed by atoms with Gasteiger partial charge in [0.05, 0.1) is 0 Å². The molecule has 2 aromatic rings. The minimum Gasteiger partial charge on any atom is -0.143 e. The van der Waals surface area contributed by atoms with Crippen LogP contribution in [0.1, 0.15) is 12.5 Å². The average molecular weight is 323 g/mol. The molecule has 0 fully saturated rings. The first-order valence-corrected chi connectivity index (χ1v) is 6.41. The number of hydrogen-bond acceptors (Lipinski definition) is 1. The minimum atomic E-state index is 0.901. The molecule has 1 aromatic heterocycles. The molecule has 0 bridgehead atoms. The fourth-order valence-electron chi connectivity index (χ4n) is 1.48. The number of fused-ring (bicyclic) bond motifs is 1. The van der Waals surface area contributed by atoms with E-state index in [1.165, 1.54) is 19.2 Å². The molecule has 0 unspecified atom stereocenters. The van der Waals surface area contributed by atoms with E-state index in [4.69, 9.17) is 11.6 Å². The Morgan fingerprint density at radius 2 is 2.31 bits per heavy atom. The summed E-state index contributed by atoms with van der Waals surface area (Å²) >= 11 is 10.3. The molecule has 0 nitrogen and oxygen atoms in total. The van der Waals surface area contributed by atoms with Gasteiger partial charge in [-0.2, -0.15) is 0 Å². The zero-order valence-corrected chi connectivity index (χ0v) is 10.8. The number of rotatable bonds is 1. The topological polar surface area (TPSA) is 0 Å². The second kappa shape index (κ2) is 3.75. The minimum absolute atomic E-state index is 0.901. The number of hydrogen-bond donors (Lipinski definition) is 0. The van der Waals surface area contributed by atoms with E-state index in [1.54, 1.807) is 11.3 Å². The van der Waals surface area contributed by atoms with Crippen LogP contribution in [0.15, 0.2) is 17.5 Å². The van der Waals surface area contributed by atoms with Gasteiger partial charge in [-0.1, -0.05) is 18.5 Å². The van der Waals surface area contributed by atoms with E-state index in [0.717, 1.165) is 11.4 Å². The smallest absolute Gasteiger partial charge is 0.0480 e. The van der Waals surface area contributed by atoms with Crippen LogP contribution in [0, 0.1) is 3.57 Å². The summed E-state index contributed by atoms with van der Waals surface area (Å²) in [6.07, 6.45) is 1.00. The highest BCUT2D eigenvalue weighted by atomic mass is 127. The second-order valence-corrected chi connectivity index (χ2v) is 5.32. The fourth-order valence-corrected chi connectivity index (χ4v) is 3.83. The van der Waals surface area contributed by atoms with Gasteiger partial charge < -0.3 is 0 Å². The van der Waals surface area contributed by atoms with Crippen molar-refractivity contribution in [3.63, 3.8) is 0 Å². The van der Waals surface area contributed by atoms with Crippen LogP contribution in [0.2, 0.25) is 5.02 Å². The molecular formula is C10H8ClIS. The number of halogens is 2. The normalized spacial score (nSPS) is 11.0. The molecule has 1 aromatic carbocycles. The van der Waals surface area contributed by atoms with Crippen molar-refractivity contribution in [3.05, 3.63) is 31.7 Å². The van der Waals surface area contributed by atoms with E-state index in [1.807, 2.05) is 0 Å². The van der Waals surface area contributed by atoms with Crippen molar-refractivity contribution in [2.24, 2.45) is 0 Å². The molecule has 0 N–H and O–H groups in total. The largest absolute Gasteiger partial charge is 0.143 e. The third-order valence-corrected chi connectivity index (χ3v) is 4.60. The molecule has 1 heterocycles. The van der Waals surface area contributed by atoms with Gasteiger partial charge in [-0.25, -0.2) is 0 Å². The lowest BCUT2D eigenvalue weighted by atomic mass is 10.1. The number of aryl methyl sites for hydroxylation is 1. The number of benzene rings is 1. The lowest BCUT2D eigenvalue weighted by Gasteiger charge is -2.04. The maximum absolute atomic E-state index is 6.17. The standard InChI is InChI=1S/C10H8ClIS/c1-2-6-7-3-4-13-10(7)9(12)5-8(6)11/h3-5H,2H2,1H3. The molecular weight excluding hydrogens is 315 g/mol. The average Bonchev–Trinajstić information content (AvgIpc) is 2.53. The molecule has 0 amide bonds. The predicted molar refractivity (Wildman–Crippen MR) is 68.9 cm³/mol. The summed E-state index contributed by atoms with van der Waals surface area (Å²) in [5.41, 5.74) is 1.28. The zero-order valence-electron chi connectivity index (χ0n) is 7.10. The lowest BCUT2D eigenvalue weighted by molar-refractivity contribution is 1.16. The third-order valence-electron chi connectivity index (χ3n) is 2.10. The van der Waals surface area contributed by atoms with Gasteiger partial charge in [0, 0.05) is 13.3 Å². The molecule has 3 heteroatoms. The number of thiophene rings is 1. The van der Waals surface area contributed by atoms with Crippen LogP contribution < -0.4 is 0 Å². The maximum Gasteiger partial charge on any atom is 0.0480 e. The van der Waals surface area contributed by atoms with E-state index in [0.29, 0.717) is 0 Å². The fraction of sp³-hybridized carbons (Fsp3) is 0.200. The van der Waals surface area contributed by atoms with Crippen molar-refractivity contribution in [2.75, 3.05) is 0 Å². The second-order valence-electron chi connectivity index (χ2n) is 2.84. The zero-order chi connectivity index (χ0) is 9.42. The molecule has 0 atom stereocenters. The predicted octanol–water partition coefficient (Wildman–Crippen LogP) is 4.72. The van der Waals surface area contributed by atoms with Crippen LogP contribution in [0.4, 0.5) is 0 Å². The van der Waals surface area contributed by atoms with Gasteiger partial charge in [0.1, 0.15) is 0 Å². The van der Waals surface area contributed by atoms with Gasteiger partial charge in [-0.05, 0) is 57.5 Å². The van der Waals surface area contributed by atoms with Crippen LogP contribution in [-0.4, -0.2) is 0 Å². The van der Waals surface area contributed by atoms with Crippen molar-refractivity contribution in [1.29, 1.82) is 0 Å². The van der Waals surface area contributed by atoms with Crippen molar-refractivity contribution in [3.8, 4) is 0 Å². The maximum atomic E-state index is 6.17. The van der Waals surface area contributed by atoms with Gasteiger partial charge >= 0.3 is 0 Å². The van der Waals surface area contributed by atoms with E-state index in [2.05, 4.69) is 47.0 Å². The first kappa shape index (κ1) is 9.74. The summed E-state index contributed by atoms with van der Waals surface area (Å²) in [5, 5.41) is 4.35. The Balaban J connectivity index is 2.88. The molecule has 0 aliphatic carbocycles. The molecule has 0 spiro atoms. The first-order valence-electron chi connectivity index (χ1n) is 4.08. The van der Waals surface area contributed by atoms with Crippen LogP contribution in [0.3, 0.4) is 0 Å². The van der Waals surface area contributed by atoms with Crippen LogP contribution in [-0.2, 0) is 6.42 Å². The molecule has 0 aliphatic rings. The van der Waals surface area contributed by atoms with Crippen LogP contribution in [0.25, 0.3) is 10.1 Å². The Morgan fingerprint density at radius 3 is 3.00 bits per heavy atom. The summed E-state index contributed by atoms with van der Waals surface area (Å²) < 4.78 is 2.62. The van der Waals surface area contributed by atoms with Crippen molar-refractivity contribution < 1.29 is 0 Å². The lowest BCUT2D eigenvalue weighted by Crippen LogP contribution is -1.84. The Bertz CT molecular complexity index is 447. The Hall–Kier alpha value is 0.200. The van der Waals surface area contributed by atoms with Gasteiger partial charge in [0.25, 0.3) is 0 Å². The molecule has 2 rings (SSSR count). The summed E-state index contributed by atoms with van der Waals surface area (Å²) in [6.45, 7) is 2.14. The first-order chi connectivity index (χ1) is 6.24. The summed E-state index contributed by atoms with van der Waals surface area (Å²) in [6, 6.07) is 4.21. The van der Waals surface area contributed by atoms with E-state index >= 15 is 0 Å². The van der Waals surface area contributed by atoms with Gasteiger partial charge in [0.15, 0.2) is 0 Å². The van der Waals surface area contributed by atoms with Gasteiger partial charge in [-0.3, -0.25) is 0 Å². The monoisotopic (exact) mass is 322 g/mol. The Kier molecular flexibility index (Phi) is 2.81. The highest BCUT2D eigenvalue weighted by molar-refractivity contribution is 14.1. The van der Waals surface area contributed by atoms with Crippen LogP contribution in [0.5, 0.6) is 0 Å². The van der Waals surface area contributed by atoms with Gasteiger partial charge in [0.2, 0.25) is 0 Å². The molecule has 0 saturated heterocycles. The van der Waals surface area contributed by atoms with E-state index < -0.39 is 0 Å². The van der Waals surface area contributed by atoms with E-state index in [-0.39, 0.29) is 0 Å². The summed E-state index contributed by atoms with van der Waals surface area (Å²) in [7, 11) is 0. The van der Waals surface area contributed by atoms with E-state index in [9.17, 15) is 0 Å². The third kappa shape index (κ3) is 1.60. The van der Waals surface area contributed by atoms with Crippen LogP contribution >= 0.6 is 45.5 Å². The molecule has 0 aliphatic heterocycles. The molecule has 13 heavy (non-hydrogen) atoms. The van der Waals surface area contributed by atoms with Crippen molar-refractivity contribution in [2.45, 2.75) is 13.3 Å². The highest BCUT2D eigenvalue weighted by Gasteiger charge is 2.08. The summed E-state index contributed by atoms with van der Waals surface area (Å²) in [5.74, 6) is 0. The Labute approximate surface area is 100 Å². The highest BCUT2D eigenvalue weighted by Crippen LogP contribution is 2.34. The Morgan fingerprint density at radius 1 is 1.54 bits per heavy atom. The van der Waals surface area contributed by atoms with Gasteiger partial charge in [-0.15, -0.1) is 11.3 Å². The molecule has 0 radical (unpaired) electrons. The molecule has 0 saturated carbocycles. The SMILES string of the molecule is CCc1c(Cl)cc(I)c2sccc12. The quantitative estimate of drug-likeness (QED) is 0.666. The molecule has 68 valence electrons.